The molecule has 2 amide bonds. The number of phenolic OH excluding ortho intramolecular Hbond substituents is 2. The fourth-order valence-corrected chi connectivity index (χ4v) is 4.15. The van der Waals surface area contributed by atoms with Gasteiger partial charge in [-0.15, -0.1) is 0 Å². The van der Waals surface area contributed by atoms with E-state index in [0.717, 1.165) is 29.5 Å². The predicted octanol–water partition coefficient (Wildman–Crippen LogP) is 4.64. The number of rotatable bonds is 6. The molecule has 0 spiro atoms. The van der Waals surface area contributed by atoms with E-state index in [9.17, 15) is 19.8 Å². The molecule has 5 rings (SSSR count). The highest BCUT2D eigenvalue weighted by Crippen LogP contribution is 2.50. The van der Waals surface area contributed by atoms with E-state index in [1.165, 1.54) is 12.1 Å². The van der Waals surface area contributed by atoms with Crippen molar-refractivity contribution in [3.05, 3.63) is 77.4 Å². The topological polar surface area (TPSA) is 98.7 Å². The van der Waals surface area contributed by atoms with E-state index in [1.807, 2.05) is 49.4 Å². The van der Waals surface area contributed by atoms with E-state index >= 15 is 0 Å². The van der Waals surface area contributed by atoms with E-state index in [0.29, 0.717) is 35.7 Å². The van der Waals surface area contributed by atoms with Gasteiger partial charge in [-0.2, -0.15) is 0 Å². The molecule has 3 aromatic rings. The van der Waals surface area contributed by atoms with Crippen molar-refractivity contribution in [2.45, 2.75) is 44.1 Å². The van der Waals surface area contributed by atoms with Crippen LogP contribution >= 0.6 is 0 Å². The van der Waals surface area contributed by atoms with Gasteiger partial charge >= 0.3 is 0 Å². The van der Waals surface area contributed by atoms with Gasteiger partial charge in [-0.25, -0.2) is 0 Å². The first-order chi connectivity index (χ1) is 15.9. The summed E-state index contributed by atoms with van der Waals surface area (Å²) >= 11 is 0. The third kappa shape index (κ3) is 4.16. The zero-order chi connectivity index (χ0) is 23.2. The molecule has 0 saturated heterocycles. The molecule has 3 aromatic carbocycles. The van der Waals surface area contributed by atoms with Crippen LogP contribution in [-0.4, -0.2) is 28.1 Å². The van der Waals surface area contributed by atoms with Crippen LogP contribution in [0.3, 0.4) is 0 Å². The van der Waals surface area contributed by atoms with Crippen LogP contribution in [0.25, 0.3) is 11.1 Å². The standard InChI is InChI=1S/C27H26N2O4/c1-16-2-8-21(29-26(33)27(12-13-27)19-7-11-23(30)24(31)14-19)15-22(16)17-3-5-18(6-4-17)25(32)28-20-9-10-20/h2-8,11,14-15,20,30-31H,9-10,12-13H2,1H3,(H,28,32)(H,29,33). The molecular weight excluding hydrogens is 416 g/mol. The summed E-state index contributed by atoms with van der Waals surface area (Å²) in [6.07, 6.45) is 3.48. The van der Waals surface area contributed by atoms with E-state index in [-0.39, 0.29) is 23.3 Å². The van der Waals surface area contributed by atoms with Gasteiger partial charge in [-0.3, -0.25) is 9.59 Å². The van der Waals surface area contributed by atoms with Crippen molar-refractivity contribution in [2.24, 2.45) is 0 Å². The molecule has 6 heteroatoms. The quantitative estimate of drug-likeness (QED) is 0.418. The van der Waals surface area contributed by atoms with E-state index < -0.39 is 5.41 Å². The maximum atomic E-state index is 13.1. The highest BCUT2D eigenvalue weighted by atomic mass is 16.3. The van der Waals surface area contributed by atoms with Crippen LogP contribution in [0.1, 0.15) is 47.2 Å². The largest absolute Gasteiger partial charge is 0.504 e. The first-order valence-electron chi connectivity index (χ1n) is 11.2. The molecule has 0 bridgehead atoms. The highest BCUT2D eigenvalue weighted by Gasteiger charge is 2.51. The molecule has 33 heavy (non-hydrogen) atoms. The second-order valence-corrected chi connectivity index (χ2v) is 9.09. The molecule has 0 aliphatic heterocycles. The molecule has 0 radical (unpaired) electrons. The smallest absolute Gasteiger partial charge is 0.251 e. The van der Waals surface area contributed by atoms with E-state index in [1.54, 1.807) is 6.07 Å². The Kier molecular flexibility index (Phi) is 5.08. The number of anilines is 1. The van der Waals surface area contributed by atoms with Gasteiger partial charge in [-0.1, -0.05) is 24.3 Å². The maximum absolute atomic E-state index is 13.1. The number of amides is 2. The normalized spacial score (nSPS) is 16.2. The van der Waals surface area contributed by atoms with Crippen molar-refractivity contribution in [1.29, 1.82) is 0 Å². The summed E-state index contributed by atoms with van der Waals surface area (Å²) in [6.45, 7) is 2.01. The van der Waals surface area contributed by atoms with E-state index in [2.05, 4.69) is 10.6 Å². The van der Waals surface area contributed by atoms with Gasteiger partial charge in [0.25, 0.3) is 5.91 Å². The van der Waals surface area contributed by atoms with Crippen molar-refractivity contribution in [2.75, 3.05) is 5.32 Å². The van der Waals surface area contributed by atoms with Crippen molar-refractivity contribution >= 4 is 17.5 Å². The zero-order valence-corrected chi connectivity index (χ0v) is 18.4. The SMILES string of the molecule is Cc1ccc(NC(=O)C2(c3ccc(O)c(O)c3)CC2)cc1-c1ccc(C(=O)NC2CC2)cc1. The summed E-state index contributed by atoms with van der Waals surface area (Å²) in [5.41, 5.74) is 4.35. The average molecular weight is 443 g/mol. The Morgan fingerprint density at radius 3 is 2.27 bits per heavy atom. The highest BCUT2D eigenvalue weighted by molar-refractivity contribution is 6.02. The summed E-state index contributed by atoms with van der Waals surface area (Å²) in [7, 11) is 0. The lowest BCUT2D eigenvalue weighted by Gasteiger charge is -2.17. The molecule has 0 atom stereocenters. The van der Waals surface area contributed by atoms with Gasteiger partial charge in [-0.05, 0) is 91.3 Å². The van der Waals surface area contributed by atoms with Crippen LogP contribution in [0.5, 0.6) is 11.5 Å². The average Bonchev–Trinajstić information content (AvgIpc) is 3.72. The number of benzene rings is 3. The molecule has 0 aromatic heterocycles. The Balaban J connectivity index is 1.35. The molecule has 6 nitrogen and oxygen atoms in total. The summed E-state index contributed by atoms with van der Waals surface area (Å²) in [4.78, 5) is 25.4. The molecule has 2 saturated carbocycles. The Bertz CT molecular complexity index is 1240. The summed E-state index contributed by atoms with van der Waals surface area (Å²) in [5.74, 6) is -0.598. The Morgan fingerprint density at radius 2 is 1.64 bits per heavy atom. The van der Waals surface area contributed by atoms with Crippen LogP contribution < -0.4 is 10.6 Å². The Labute approximate surface area is 192 Å². The first-order valence-corrected chi connectivity index (χ1v) is 11.2. The number of carbonyl (C=O) groups excluding carboxylic acids is 2. The molecular formula is C27H26N2O4. The van der Waals surface area contributed by atoms with Gasteiger partial charge in [0.15, 0.2) is 11.5 Å². The molecule has 0 heterocycles. The number of hydrogen-bond acceptors (Lipinski definition) is 4. The van der Waals surface area contributed by atoms with Gasteiger partial charge in [0, 0.05) is 17.3 Å². The predicted molar refractivity (Wildman–Crippen MR) is 126 cm³/mol. The number of nitrogens with one attached hydrogen (secondary N) is 2. The van der Waals surface area contributed by atoms with Crippen molar-refractivity contribution in [3.63, 3.8) is 0 Å². The minimum atomic E-state index is -0.688. The summed E-state index contributed by atoms with van der Waals surface area (Å²) < 4.78 is 0. The number of carbonyl (C=O) groups is 2. The van der Waals surface area contributed by atoms with Gasteiger partial charge in [0.1, 0.15) is 0 Å². The summed E-state index contributed by atoms with van der Waals surface area (Å²) in [6, 6.07) is 18.2. The Morgan fingerprint density at radius 1 is 0.909 bits per heavy atom. The third-order valence-electron chi connectivity index (χ3n) is 6.58. The Hall–Kier alpha value is -3.80. The molecule has 168 valence electrons. The van der Waals surface area contributed by atoms with Crippen LogP contribution in [0.15, 0.2) is 60.7 Å². The minimum absolute atomic E-state index is 0.0446. The fraction of sp³-hybridized carbons (Fsp3) is 0.259. The van der Waals surface area contributed by atoms with Gasteiger partial charge < -0.3 is 20.8 Å². The lowest BCUT2D eigenvalue weighted by Crippen LogP contribution is -2.27. The zero-order valence-electron chi connectivity index (χ0n) is 18.4. The lowest BCUT2D eigenvalue weighted by molar-refractivity contribution is -0.118. The van der Waals surface area contributed by atoms with Crippen molar-refractivity contribution < 1.29 is 19.8 Å². The third-order valence-corrected chi connectivity index (χ3v) is 6.58. The molecule has 4 N–H and O–H groups in total. The van der Waals surface area contributed by atoms with E-state index in [4.69, 9.17) is 0 Å². The number of phenols is 2. The monoisotopic (exact) mass is 442 g/mol. The van der Waals surface area contributed by atoms with Gasteiger partial charge in [0.05, 0.1) is 5.41 Å². The fourth-order valence-electron chi connectivity index (χ4n) is 4.15. The maximum Gasteiger partial charge on any atom is 0.251 e. The van der Waals surface area contributed by atoms with Crippen LogP contribution in [-0.2, 0) is 10.2 Å². The molecule has 2 aliphatic carbocycles. The minimum Gasteiger partial charge on any atom is -0.504 e. The van der Waals surface area contributed by atoms with Crippen molar-refractivity contribution in [1.82, 2.24) is 5.32 Å². The van der Waals surface area contributed by atoms with Crippen LogP contribution in [0.2, 0.25) is 0 Å². The van der Waals surface area contributed by atoms with Crippen molar-refractivity contribution in [3.8, 4) is 22.6 Å². The second kappa shape index (κ2) is 7.96. The molecule has 0 unspecified atom stereocenters. The number of aromatic hydroxyl groups is 2. The number of hydrogen-bond donors (Lipinski definition) is 4. The molecule has 2 fully saturated rings. The lowest BCUT2D eigenvalue weighted by atomic mass is 9.94. The first kappa shape index (κ1) is 21.1. The van der Waals surface area contributed by atoms with Crippen LogP contribution in [0.4, 0.5) is 5.69 Å². The van der Waals surface area contributed by atoms with Crippen LogP contribution in [0, 0.1) is 6.92 Å². The molecule has 2 aliphatic rings. The summed E-state index contributed by atoms with van der Waals surface area (Å²) in [5, 5.41) is 25.5. The second-order valence-electron chi connectivity index (χ2n) is 9.09. The number of aryl methyl sites for hydroxylation is 1. The van der Waals surface area contributed by atoms with Gasteiger partial charge in [0.2, 0.25) is 5.91 Å².